The number of aryl methyl sites for hydroxylation is 1. The molecule has 3 heterocycles. The molecule has 2 aromatic carbocycles. The second-order valence-corrected chi connectivity index (χ2v) is 17.7. The van der Waals surface area contributed by atoms with Crippen LogP contribution >= 0.6 is 0 Å². The van der Waals surface area contributed by atoms with Crippen LogP contribution in [0.3, 0.4) is 0 Å². The van der Waals surface area contributed by atoms with Crippen molar-refractivity contribution in [2.75, 3.05) is 26.2 Å². The molecule has 7 rings (SSSR count). The van der Waals surface area contributed by atoms with E-state index in [1.165, 1.54) is 6.08 Å². The van der Waals surface area contributed by atoms with Gasteiger partial charge in [-0.2, -0.15) is 18.3 Å². The number of ether oxygens (including phenoxy) is 1. The molecule has 5 N–H and O–H groups in total. The number of hydrogen-bond donors (Lipinski definition) is 3. The lowest BCUT2D eigenvalue weighted by molar-refractivity contribution is -0.153. The van der Waals surface area contributed by atoms with E-state index < -0.39 is 29.3 Å². The van der Waals surface area contributed by atoms with E-state index in [2.05, 4.69) is 28.3 Å². The number of likely N-dealkylation sites (tertiary alicyclic amines) is 1. The number of carbonyl (C=O) groups excluding carboxylic acids is 2. The van der Waals surface area contributed by atoms with Gasteiger partial charge in [-0.25, -0.2) is 9.97 Å². The number of halogens is 3. The Morgan fingerprint density at radius 3 is 2.30 bits per heavy atom. The molecule has 0 unspecified atom stereocenters. The summed E-state index contributed by atoms with van der Waals surface area (Å²) in [5.74, 6) is 0.341. The Hall–Kier alpha value is -4.46. The van der Waals surface area contributed by atoms with Crippen molar-refractivity contribution >= 4 is 39.4 Å². The number of alkyl halides is 3. The average molecular weight is 772 g/mol. The predicted octanol–water partition coefficient (Wildman–Crippen LogP) is 7.82. The third-order valence-electron chi connectivity index (χ3n) is 12.6. The Morgan fingerprint density at radius 1 is 1.02 bits per heavy atom. The molecule has 4 aromatic rings. The number of nitrogens with zero attached hydrogens (tertiary/aromatic N) is 4. The van der Waals surface area contributed by atoms with Gasteiger partial charge in [-0.05, 0) is 112 Å². The standard InChI is InChI=1S/C43H52F3N7O3/c1-7-26-19-28-35(36(56-24-43(44,45)46)34(26)33-25(3)9-10-30-29(33)20-49-52-30)50-38(27-11-17-53(18-12-27)21-32(55)39(4,5)6)51-37(28)41(47)15-13-40(14-16-41)22-42(48,23-40)31(54)8-2/h7-10,19-20,27H,1-2,11-18,21-24,47-48H2,3-6H3,(H,49,52). The zero-order valence-electron chi connectivity index (χ0n) is 32.7. The average Bonchev–Trinajstić information content (AvgIpc) is 3.62. The molecule has 2 saturated carbocycles. The molecule has 298 valence electrons. The van der Waals surface area contributed by atoms with Crippen LogP contribution in [-0.2, 0) is 15.1 Å². The molecule has 10 nitrogen and oxygen atoms in total. The molecule has 1 saturated heterocycles. The summed E-state index contributed by atoms with van der Waals surface area (Å²) in [5.41, 5.74) is 15.4. The van der Waals surface area contributed by atoms with Crippen LogP contribution < -0.4 is 16.2 Å². The number of benzene rings is 2. The summed E-state index contributed by atoms with van der Waals surface area (Å²) in [6, 6.07) is 5.65. The first-order valence-corrected chi connectivity index (χ1v) is 19.4. The second-order valence-electron chi connectivity index (χ2n) is 17.7. The van der Waals surface area contributed by atoms with Gasteiger partial charge in [0.05, 0.1) is 35.0 Å². The van der Waals surface area contributed by atoms with E-state index in [1.54, 1.807) is 12.3 Å². The van der Waals surface area contributed by atoms with E-state index in [1.807, 2.05) is 45.9 Å². The fourth-order valence-electron chi connectivity index (χ4n) is 9.28. The summed E-state index contributed by atoms with van der Waals surface area (Å²) >= 11 is 0. The Morgan fingerprint density at radius 2 is 1.70 bits per heavy atom. The van der Waals surface area contributed by atoms with E-state index in [9.17, 15) is 22.8 Å². The highest BCUT2D eigenvalue weighted by atomic mass is 19.4. The van der Waals surface area contributed by atoms with Crippen molar-refractivity contribution in [2.45, 2.75) is 102 Å². The van der Waals surface area contributed by atoms with Gasteiger partial charge in [0.2, 0.25) is 0 Å². The fraction of sp³-hybridized carbons (Fsp3) is 0.512. The molecular weight excluding hydrogens is 720 g/mol. The van der Waals surface area contributed by atoms with Crippen LogP contribution in [0, 0.1) is 17.8 Å². The first kappa shape index (κ1) is 39.8. The summed E-state index contributed by atoms with van der Waals surface area (Å²) in [6.07, 6.45) is 4.81. The summed E-state index contributed by atoms with van der Waals surface area (Å²) in [5, 5.41) is 8.44. The van der Waals surface area contributed by atoms with Crippen molar-refractivity contribution in [2.24, 2.45) is 22.3 Å². The van der Waals surface area contributed by atoms with Crippen LogP contribution in [0.2, 0.25) is 0 Å². The van der Waals surface area contributed by atoms with Crippen molar-refractivity contribution in [1.82, 2.24) is 25.1 Å². The number of nitrogens with one attached hydrogen (secondary N) is 1. The zero-order chi connectivity index (χ0) is 40.4. The highest BCUT2D eigenvalue weighted by molar-refractivity contribution is 6.05. The van der Waals surface area contributed by atoms with E-state index in [-0.39, 0.29) is 34.2 Å². The minimum atomic E-state index is -4.64. The molecule has 3 aliphatic rings. The van der Waals surface area contributed by atoms with Crippen molar-refractivity contribution in [3.8, 4) is 16.9 Å². The summed E-state index contributed by atoms with van der Waals surface area (Å²) in [7, 11) is 0. The Kier molecular flexibility index (Phi) is 10.1. The van der Waals surface area contributed by atoms with Crippen LogP contribution in [0.4, 0.5) is 13.2 Å². The smallest absolute Gasteiger partial charge is 0.422 e. The molecule has 2 aliphatic carbocycles. The quantitative estimate of drug-likeness (QED) is 0.137. The maximum Gasteiger partial charge on any atom is 0.422 e. The van der Waals surface area contributed by atoms with Crippen LogP contribution in [0.25, 0.3) is 39.0 Å². The molecule has 0 radical (unpaired) electrons. The molecular formula is C43H52F3N7O3. The molecule has 2 aromatic heterocycles. The maximum absolute atomic E-state index is 14.1. The minimum absolute atomic E-state index is 0.0182. The van der Waals surface area contributed by atoms with E-state index >= 15 is 0 Å². The number of aromatic nitrogens is 4. The zero-order valence-corrected chi connectivity index (χ0v) is 32.7. The molecule has 0 atom stereocenters. The van der Waals surface area contributed by atoms with Gasteiger partial charge in [-0.1, -0.05) is 46.1 Å². The van der Waals surface area contributed by atoms with E-state index in [0.29, 0.717) is 110 Å². The number of carbonyl (C=O) groups is 2. The molecule has 1 spiro atoms. The predicted molar refractivity (Wildman–Crippen MR) is 212 cm³/mol. The Balaban J connectivity index is 1.38. The highest BCUT2D eigenvalue weighted by Gasteiger charge is 2.58. The van der Waals surface area contributed by atoms with Crippen LogP contribution in [0.15, 0.2) is 43.6 Å². The Labute approximate surface area is 325 Å². The number of hydrogen-bond acceptors (Lipinski definition) is 9. The van der Waals surface area contributed by atoms with Gasteiger partial charge in [0, 0.05) is 27.7 Å². The lowest BCUT2D eigenvalue weighted by Gasteiger charge is -2.57. The van der Waals surface area contributed by atoms with E-state index in [0.717, 1.165) is 10.9 Å². The van der Waals surface area contributed by atoms with Gasteiger partial charge in [0.15, 0.2) is 23.9 Å². The summed E-state index contributed by atoms with van der Waals surface area (Å²) < 4.78 is 48.2. The number of nitrogens with two attached hydrogens (primary N) is 2. The van der Waals surface area contributed by atoms with Gasteiger partial charge in [-0.15, -0.1) is 0 Å². The normalized spacial score (nSPS) is 25.0. The molecule has 3 fully saturated rings. The van der Waals surface area contributed by atoms with Crippen LogP contribution in [0.1, 0.15) is 101 Å². The SMILES string of the molecule is C=CC(=O)C1(N)CC2(CCC(N)(c3nc(C4CCN(CC(=O)C(C)(C)C)CC4)nc4c(OCC(F)(F)F)c(-c5c(C)ccc6[nH]ncc56)c(C=C)cc34)CC2)C1. The maximum atomic E-state index is 14.1. The van der Waals surface area contributed by atoms with Crippen molar-refractivity contribution in [3.05, 3.63) is 66.3 Å². The van der Waals surface area contributed by atoms with Gasteiger partial charge >= 0.3 is 6.18 Å². The first-order chi connectivity index (χ1) is 26.3. The largest absolute Gasteiger partial charge is 0.481 e. The Bertz CT molecular complexity index is 2210. The van der Waals surface area contributed by atoms with Crippen molar-refractivity contribution in [3.63, 3.8) is 0 Å². The minimum Gasteiger partial charge on any atom is -0.481 e. The third kappa shape index (κ3) is 7.29. The lowest BCUT2D eigenvalue weighted by atomic mass is 9.49. The number of Topliss-reactive ketones (excluding diaryl/α,β-unsaturated/α-hetero) is 1. The number of piperidine rings is 1. The monoisotopic (exact) mass is 771 g/mol. The summed E-state index contributed by atoms with van der Waals surface area (Å²) in [6.45, 7) is 15.5. The van der Waals surface area contributed by atoms with Gasteiger partial charge in [0.1, 0.15) is 11.3 Å². The van der Waals surface area contributed by atoms with Gasteiger partial charge in [0.25, 0.3) is 0 Å². The van der Waals surface area contributed by atoms with Gasteiger partial charge < -0.3 is 16.2 Å². The van der Waals surface area contributed by atoms with E-state index in [4.69, 9.17) is 26.2 Å². The number of fused-ring (bicyclic) bond motifs is 2. The number of H-pyrrole nitrogens is 1. The first-order valence-electron chi connectivity index (χ1n) is 19.4. The van der Waals surface area contributed by atoms with Crippen molar-refractivity contribution < 1.29 is 27.5 Å². The van der Waals surface area contributed by atoms with Crippen LogP contribution in [0.5, 0.6) is 5.75 Å². The fourth-order valence-corrected chi connectivity index (χ4v) is 9.28. The third-order valence-corrected chi connectivity index (χ3v) is 12.6. The number of ketones is 2. The molecule has 13 heteroatoms. The topological polar surface area (TPSA) is 153 Å². The van der Waals surface area contributed by atoms with Crippen molar-refractivity contribution in [1.29, 1.82) is 0 Å². The number of rotatable bonds is 10. The molecule has 0 amide bonds. The molecule has 56 heavy (non-hydrogen) atoms. The van der Waals surface area contributed by atoms with Crippen LogP contribution in [-0.4, -0.2) is 74.6 Å². The molecule has 0 bridgehead atoms. The number of aromatic amines is 1. The second kappa shape index (κ2) is 14.2. The van der Waals surface area contributed by atoms with Gasteiger partial charge in [-0.3, -0.25) is 19.6 Å². The summed E-state index contributed by atoms with van der Waals surface area (Å²) in [4.78, 5) is 37.9. The molecule has 1 aliphatic heterocycles. The lowest BCUT2D eigenvalue weighted by Crippen LogP contribution is -2.64. The highest BCUT2D eigenvalue weighted by Crippen LogP contribution is 2.59.